The zero-order valence-electron chi connectivity index (χ0n) is 12.0. The number of rotatable bonds is 3. The molecule has 1 amide bonds. The minimum Gasteiger partial charge on any atom is -0.478 e. The number of carbonyl (C=O) groups excluding carboxylic acids is 1. The lowest BCUT2D eigenvalue weighted by molar-refractivity contribution is -0.124. The van der Waals surface area contributed by atoms with Gasteiger partial charge in [0.25, 0.3) is 5.91 Å². The van der Waals surface area contributed by atoms with Crippen LogP contribution >= 0.6 is 11.3 Å². The van der Waals surface area contributed by atoms with Gasteiger partial charge in [0.05, 0.1) is 5.56 Å². The molecule has 1 aromatic heterocycles. The SMILES string of the molecule is CC1CCc2c(sc(NC(=O)C3CCCO3)c2C(=O)O)C1. The monoisotopic (exact) mass is 309 g/mol. The van der Waals surface area contributed by atoms with Crippen LogP contribution in [-0.4, -0.2) is 29.7 Å². The number of thiophene rings is 1. The van der Waals surface area contributed by atoms with E-state index in [1.807, 2.05) is 0 Å². The van der Waals surface area contributed by atoms with Gasteiger partial charge in [-0.05, 0) is 43.6 Å². The van der Waals surface area contributed by atoms with Crippen LogP contribution in [0, 0.1) is 5.92 Å². The van der Waals surface area contributed by atoms with Gasteiger partial charge in [-0.25, -0.2) is 4.79 Å². The van der Waals surface area contributed by atoms with Crippen LogP contribution in [-0.2, 0) is 22.4 Å². The maximum absolute atomic E-state index is 12.1. The molecular weight excluding hydrogens is 290 g/mol. The highest BCUT2D eigenvalue weighted by Gasteiger charge is 2.30. The van der Waals surface area contributed by atoms with Crippen molar-refractivity contribution in [1.82, 2.24) is 0 Å². The summed E-state index contributed by atoms with van der Waals surface area (Å²) in [6.07, 6.45) is 3.83. The molecule has 114 valence electrons. The molecule has 0 saturated carbocycles. The molecule has 1 aliphatic carbocycles. The van der Waals surface area contributed by atoms with Gasteiger partial charge in [0.15, 0.2) is 0 Å². The van der Waals surface area contributed by atoms with E-state index in [9.17, 15) is 14.7 Å². The number of amides is 1. The van der Waals surface area contributed by atoms with Gasteiger partial charge in [0.2, 0.25) is 0 Å². The molecule has 2 heterocycles. The number of ether oxygens (including phenoxy) is 1. The average Bonchev–Trinajstić information content (AvgIpc) is 3.04. The van der Waals surface area contributed by atoms with Crippen molar-refractivity contribution in [2.45, 2.75) is 45.1 Å². The summed E-state index contributed by atoms with van der Waals surface area (Å²) < 4.78 is 5.35. The van der Waals surface area contributed by atoms with Gasteiger partial charge in [-0.3, -0.25) is 4.79 Å². The van der Waals surface area contributed by atoms with E-state index in [2.05, 4.69) is 12.2 Å². The minimum atomic E-state index is -0.954. The molecule has 3 rings (SSSR count). The second-order valence-electron chi connectivity index (χ2n) is 5.85. The Bertz CT molecular complexity index is 574. The van der Waals surface area contributed by atoms with Gasteiger partial charge in [-0.15, -0.1) is 11.3 Å². The molecule has 6 heteroatoms. The molecule has 1 fully saturated rings. The first kappa shape index (κ1) is 14.5. The molecule has 21 heavy (non-hydrogen) atoms. The number of nitrogens with one attached hydrogen (secondary N) is 1. The normalized spacial score (nSPS) is 24.6. The van der Waals surface area contributed by atoms with Gasteiger partial charge >= 0.3 is 5.97 Å². The van der Waals surface area contributed by atoms with Crippen LogP contribution in [0.4, 0.5) is 5.00 Å². The van der Waals surface area contributed by atoms with Gasteiger partial charge < -0.3 is 15.2 Å². The van der Waals surface area contributed by atoms with E-state index in [1.165, 1.54) is 11.3 Å². The van der Waals surface area contributed by atoms with E-state index in [1.54, 1.807) is 0 Å². The Morgan fingerprint density at radius 3 is 2.86 bits per heavy atom. The van der Waals surface area contributed by atoms with Crippen molar-refractivity contribution in [2.75, 3.05) is 11.9 Å². The summed E-state index contributed by atoms with van der Waals surface area (Å²) in [6, 6.07) is 0. The summed E-state index contributed by atoms with van der Waals surface area (Å²) in [5, 5.41) is 12.7. The second kappa shape index (κ2) is 5.77. The Morgan fingerprint density at radius 2 is 2.19 bits per heavy atom. The standard InChI is InChI=1S/C15H19NO4S/c1-8-4-5-9-11(7-8)21-14(12(9)15(18)19)16-13(17)10-3-2-6-20-10/h8,10H,2-7H2,1H3,(H,16,17)(H,18,19). The lowest BCUT2D eigenvalue weighted by atomic mass is 9.88. The fourth-order valence-electron chi connectivity index (χ4n) is 3.04. The smallest absolute Gasteiger partial charge is 0.339 e. The van der Waals surface area contributed by atoms with Gasteiger partial charge in [0.1, 0.15) is 11.1 Å². The summed E-state index contributed by atoms with van der Waals surface area (Å²) in [6.45, 7) is 2.77. The predicted octanol–water partition coefficient (Wildman–Crippen LogP) is 2.69. The molecule has 2 unspecified atom stereocenters. The van der Waals surface area contributed by atoms with E-state index in [4.69, 9.17) is 4.74 Å². The van der Waals surface area contributed by atoms with Crippen LogP contribution in [0.3, 0.4) is 0 Å². The van der Waals surface area contributed by atoms with Crippen molar-refractivity contribution in [3.8, 4) is 0 Å². The van der Waals surface area contributed by atoms with E-state index in [-0.39, 0.29) is 11.5 Å². The van der Waals surface area contributed by atoms with Crippen LogP contribution in [0.25, 0.3) is 0 Å². The lowest BCUT2D eigenvalue weighted by Crippen LogP contribution is -2.27. The lowest BCUT2D eigenvalue weighted by Gasteiger charge is -2.17. The number of aromatic carboxylic acids is 1. The highest BCUT2D eigenvalue weighted by atomic mass is 32.1. The van der Waals surface area contributed by atoms with Crippen molar-refractivity contribution in [3.63, 3.8) is 0 Å². The average molecular weight is 309 g/mol. The number of carbonyl (C=O) groups is 2. The number of hydrogen-bond donors (Lipinski definition) is 2. The van der Waals surface area contributed by atoms with Gasteiger partial charge in [-0.1, -0.05) is 6.92 Å². The Labute approximate surface area is 127 Å². The van der Waals surface area contributed by atoms with Gasteiger partial charge in [0, 0.05) is 11.5 Å². The second-order valence-corrected chi connectivity index (χ2v) is 6.96. The molecule has 2 aliphatic rings. The fourth-order valence-corrected chi connectivity index (χ4v) is 4.45. The van der Waals surface area contributed by atoms with Crippen LogP contribution in [0.2, 0.25) is 0 Å². The Morgan fingerprint density at radius 1 is 1.38 bits per heavy atom. The van der Waals surface area contributed by atoms with Crippen molar-refractivity contribution in [2.24, 2.45) is 5.92 Å². The van der Waals surface area contributed by atoms with E-state index in [0.29, 0.717) is 23.9 Å². The summed E-state index contributed by atoms with van der Waals surface area (Å²) in [5.41, 5.74) is 1.20. The first-order valence-corrected chi connectivity index (χ1v) is 8.18. The van der Waals surface area contributed by atoms with Crippen molar-refractivity contribution >= 4 is 28.2 Å². The van der Waals surface area contributed by atoms with Crippen LogP contribution in [0.15, 0.2) is 0 Å². The fraction of sp³-hybridized carbons (Fsp3) is 0.600. The number of anilines is 1. The Kier molecular flexibility index (Phi) is 3.99. The van der Waals surface area contributed by atoms with Gasteiger partial charge in [-0.2, -0.15) is 0 Å². The maximum Gasteiger partial charge on any atom is 0.339 e. The quantitative estimate of drug-likeness (QED) is 0.900. The molecule has 0 bridgehead atoms. The summed E-state index contributed by atoms with van der Waals surface area (Å²) >= 11 is 1.41. The zero-order valence-corrected chi connectivity index (χ0v) is 12.8. The van der Waals surface area contributed by atoms with Crippen LogP contribution in [0.5, 0.6) is 0 Å². The van der Waals surface area contributed by atoms with Crippen molar-refractivity contribution in [1.29, 1.82) is 0 Å². The topological polar surface area (TPSA) is 75.6 Å². The Hall–Kier alpha value is -1.40. The Balaban J connectivity index is 1.87. The highest BCUT2D eigenvalue weighted by molar-refractivity contribution is 7.17. The van der Waals surface area contributed by atoms with Crippen molar-refractivity contribution in [3.05, 3.63) is 16.0 Å². The largest absolute Gasteiger partial charge is 0.478 e. The minimum absolute atomic E-state index is 0.221. The molecule has 1 aliphatic heterocycles. The molecule has 0 spiro atoms. The van der Waals surface area contributed by atoms with E-state index in [0.717, 1.165) is 36.1 Å². The molecule has 2 atom stereocenters. The predicted molar refractivity (Wildman–Crippen MR) is 80.1 cm³/mol. The van der Waals surface area contributed by atoms with Crippen LogP contribution < -0.4 is 5.32 Å². The van der Waals surface area contributed by atoms with E-state index >= 15 is 0 Å². The molecule has 0 radical (unpaired) electrons. The summed E-state index contributed by atoms with van der Waals surface area (Å²) in [7, 11) is 0. The molecule has 2 N–H and O–H groups in total. The highest BCUT2D eigenvalue weighted by Crippen LogP contribution is 2.39. The molecule has 1 aromatic rings. The third-order valence-electron chi connectivity index (χ3n) is 4.18. The first-order chi connectivity index (χ1) is 10.1. The number of carboxylic acids is 1. The summed E-state index contributed by atoms with van der Waals surface area (Å²) in [4.78, 5) is 24.8. The molecule has 5 nitrogen and oxygen atoms in total. The van der Waals surface area contributed by atoms with Crippen LogP contribution in [0.1, 0.15) is 47.0 Å². The third kappa shape index (κ3) is 2.82. The third-order valence-corrected chi connectivity index (χ3v) is 5.35. The van der Waals surface area contributed by atoms with E-state index < -0.39 is 12.1 Å². The molecule has 0 aromatic carbocycles. The first-order valence-electron chi connectivity index (χ1n) is 7.36. The zero-order chi connectivity index (χ0) is 15.0. The molecule has 1 saturated heterocycles. The number of hydrogen-bond acceptors (Lipinski definition) is 4. The van der Waals surface area contributed by atoms with Crippen molar-refractivity contribution < 1.29 is 19.4 Å². The number of fused-ring (bicyclic) bond motifs is 1. The summed E-state index contributed by atoms with van der Waals surface area (Å²) in [5.74, 6) is -0.606. The number of carboxylic acid groups (broad SMARTS) is 1. The molecular formula is C15H19NO4S. The maximum atomic E-state index is 12.1.